The highest BCUT2D eigenvalue weighted by molar-refractivity contribution is 7.80. The molecule has 0 spiro atoms. The zero-order valence-corrected chi connectivity index (χ0v) is 17.7. The Morgan fingerprint density at radius 2 is 1.55 bits per heavy atom. The van der Waals surface area contributed by atoms with Gasteiger partial charge in [-0.3, -0.25) is 14.4 Å². The van der Waals surface area contributed by atoms with Gasteiger partial charge >= 0.3 is 5.97 Å². The lowest BCUT2D eigenvalue weighted by Gasteiger charge is -2.26. The van der Waals surface area contributed by atoms with Gasteiger partial charge in [0.15, 0.2) is 0 Å². The standard InChI is InChI=1S/C17H33N5O6S/c1-9(2)13(22-14(24)10(19)7-23)16(26)20-11(5-3-4-6-18)15(25)21-12(8-29)17(27)28/h9-13,23,29H,3-8,18-19H2,1-2H3,(H,20,26)(H,21,25)(H,22,24)(H,27,28). The number of carboxylic acids is 1. The van der Waals surface area contributed by atoms with E-state index in [1.54, 1.807) is 13.8 Å². The summed E-state index contributed by atoms with van der Waals surface area (Å²) in [6, 6.07) is -4.40. The van der Waals surface area contributed by atoms with E-state index < -0.39 is 54.5 Å². The number of hydrogen-bond donors (Lipinski definition) is 8. The van der Waals surface area contributed by atoms with Crippen molar-refractivity contribution in [3.05, 3.63) is 0 Å². The fourth-order valence-electron chi connectivity index (χ4n) is 2.36. The molecule has 3 amide bonds. The van der Waals surface area contributed by atoms with Crippen molar-refractivity contribution < 1.29 is 29.4 Å². The van der Waals surface area contributed by atoms with Crippen molar-refractivity contribution in [2.24, 2.45) is 17.4 Å². The summed E-state index contributed by atoms with van der Waals surface area (Å²) >= 11 is 3.90. The van der Waals surface area contributed by atoms with E-state index in [-0.39, 0.29) is 18.1 Å². The average Bonchev–Trinajstić information content (AvgIpc) is 2.67. The molecule has 0 aromatic carbocycles. The van der Waals surface area contributed by atoms with E-state index in [4.69, 9.17) is 21.7 Å². The number of carboxylic acid groups (broad SMARTS) is 1. The van der Waals surface area contributed by atoms with Crippen LogP contribution < -0.4 is 27.4 Å². The van der Waals surface area contributed by atoms with Gasteiger partial charge in [-0.15, -0.1) is 0 Å². The molecule has 0 aliphatic rings. The van der Waals surface area contributed by atoms with Gasteiger partial charge in [0.2, 0.25) is 17.7 Å². The smallest absolute Gasteiger partial charge is 0.327 e. The summed E-state index contributed by atoms with van der Waals surface area (Å²) in [7, 11) is 0. The van der Waals surface area contributed by atoms with Crippen LogP contribution in [0.2, 0.25) is 0 Å². The number of unbranched alkanes of at least 4 members (excludes halogenated alkanes) is 1. The van der Waals surface area contributed by atoms with Gasteiger partial charge in [-0.05, 0) is 31.7 Å². The first kappa shape index (κ1) is 27.1. The summed E-state index contributed by atoms with van der Waals surface area (Å²) in [4.78, 5) is 48.3. The second kappa shape index (κ2) is 14.1. The summed E-state index contributed by atoms with van der Waals surface area (Å²) in [6.45, 7) is 3.21. The van der Waals surface area contributed by atoms with E-state index in [0.29, 0.717) is 19.4 Å². The summed E-state index contributed by atoms with van der Waals surface area (Å²) in [5.74, 6) is -3.69. The third-order valence-corrected chi connectivity index (χ3v) is 4.52. The van der Waals surface area contributed by atoms with Crippen LogP contribution >= 0.6 is 12.6 Å². The number of thiol groups is 1. The van der Waals surface area contributed by atoms with Gasteiger partial charge in [0.1, 0.15) is 24.2 Å². The molecular weight excluding hydrogens is 402 g/mol. The minimum atomic E-state index is -1.24. The Hall–Kier alpha value is -1.89. The molecule has 0 radical (unpaired) electrons. The lowest BCUT2D eigenvalue weighted by molar-refractivity contribution is -0.141. The number of rotatable bonds is 14. The van der Waals surface area contributed by atoms with Crippen molar-refractivity contribution in [3.63, 3.8) is 0 Å². The van der Waals surface area contributed by atoms with Crippen LogP contribution in [0.4, 0.5) is 0 Å². The van der Waals surface area contributed by atoms with E-state index in [1.807, 2.05) is 0 Å². The summed E-state index contributed by atoms with van der Waals surface area (Å²) in [5.41, 5.74) is 10.9. The average molecular weight is 436 g/mol. The number of aliphatic carboxylic acids is 1. The van der Waals surface area contributed by atoms with Crippen molar-refractivity contribution in [1.29, 1.82) is 0 Å². The van der Waals surface area contributed by atoms with Gasteiger partial charge in [-0.2, -0.15) is 12.6 Å². The third kappa shape index (κ3) is 9.92. The minimum absolute atomic E-state index is 0.117. The summed E-state index contributed by atoms with van der Waals surface area (Å²) in [6.07, 6.45) is 1.38. The van der Waals surface area contributed by atoms with E-state index >= 15 is 0 Å². The number of carbonyl (C=O) groups is 4. The predicted molar refractivity (Wildman–Crippen MR) is 110 cm³/mol. The van der Waals surface area contributed by atoms with Gasteiger partial charge < -0.3 is 37.6 Å². The molecule has 12 heteroatoms. The molecule has 168 valence electrons. The van der Waals surface area contributed by atoms with E-state index in [1.165, 1.54) is 0 Å². The van der Waals surface area contributed by atoms with Gasteiger partial charge in [-0.25, -0.2) is 4.79 Å². The maximum absolute atomic E-state index is 12.7. The summed E-state index contributed by atoms with van der Waals surface area (Å²) < 4.78 is 0. The molecule has 0 bridgehead atoms. The highest BCUT2D eigenvalue weighted by atomic mass is 32.1. The first-order valence-corrected chi connectivity index (χ1v) is 10.0. The second-order valence-electron chi connectivity index (χ2n) is 6.95. The van der Waals surface area contributed by atoms with E-state index in [0.717, 1.165) is 0 Å². The van der Waals surface area contributed by atoms with Gasteiger partial charge in [0.25, 0.3) is 0 Å². The number of hydrogen-bond acceptors (Lipinski definition) is 8. The van der Waals surface area contributed by atoms with Gasteiger partial charge in [-0.1, -0.05) is 13.8 Å². The fraction of sp³-hybridized carbons (Fsp3) is 0.765. The number of aliphatic hydroxyl groups excluding tert-OH is 1. The Morgan fingerprint density at radius 3 is 2.00 bits per heavy atom. The maximum Gasteiger partial charge on any atom is 0.327 e. The van der Waals surface area contributed by atoms with E-state index in [9.17, 15) is 19.2 Å². The van der Waals surface area contributed by atoms with Gasteiger partial charge in [0, 0.05) is 5.75 Å². The molecule has 0 heterocycles. The highest BCUT2D eigenvalue weighted by Gasteiger charge is 2.31. The normalized spacial score (nSPS) is 15.1. The zero-order valence-electron chi connectivity index (χ0n) is 16.8. The molecule has 0 aliphatic heterocycles. The molecule has 0 fully saturated rings. The maximum atomic E-state index is 12.7. The van der Waals surface area contributed by atoms with Crippen LogP contribution in [0.3, 0.4) is 0 Å². The quantitative estimate of drug-likeness (QED) is 0.109. The Kier molecular flexibility index (Phi) is 13.2. The van der Waals surface area contributed by atoms with E-state index in [2.05, 4.69) is 28.6 Å². The fourth-order valence-corrected chi connectivity index (χ4v) is 2.61. The molecule has 4 unspecified atom stereocenters. The molecule has 0 saturated carbocycles. The monoisotopic (exact) mass is 435 g/mol. The van der Waals surface area contributed by atoms with Crippen LogP contribution in [0.1, 0.15) is 33.1 Å². The van der Waals surface area contributed by atoms with Crippen LogP contribution in [0.25, 0.3) is 0 Å². The van der Waals surface area contributed by atoms with Crippen molar-refractivity contribution in [1.82, 2.24) is 16.0 Å². The Balaban J connectivity index is 5.29. The molecule has 0 saturated heterocycles. The molecule has 4 atom stereocenters. The Morgan fingerprint density at radius 1 is 0.966 bits per heavy atom. The number of amides is 3. The highest BCUT2D eigenvalue weighted by Crippen LogP contribution is 2.07. The summed E-state index contributed by atoms with van der Waals surface area (Å²) in [5, 5.41) is 25.4. The third-order valence-electron chi connectivity index (χ3n) is 4.16. The second-order valence-corrected chi connectivity index (χ2v) is 7.31. The predicted octanol–water partition coefficient (Wildman–Crippen LogP) is -2.44. The topological polar surface area (TPSA) is 197 Å². The van der Waals surface area contributed by atoms with Crippen molar-refractivity contribution in [2.75, 3.05) is 18.9 Å². The minimum Gasteiger partial charge on any atom is -0.480 e. The van der Waals surface area contributed by atoms with Crippen LogP contribution in [-0.2, 0) is 19.2 Å². The first-order valence-electron chi connectivity index (χ1n) is 9.40. The van der Waals surface area contributed by atoms with Crippen molar-refractivity contribution >= 4 is 36.3 Å². The Labute approximate surface area is 175 Å². The van der Waals surface area contributed by atoms with Crippen LogP contribution in [-0.4, -0.2) is 77.0 Å². The Bertz CT molecular complexity index is 562. The molecule has 0 rings (SSSR count). The number of nitrogens with two attached hydrogens (primary N) is 2. The molecule has 11 nitrogen and oxygen atoms in total. The van der Waals surface area contributed by atoms with Crippen LogP contribution in [0.15, 0.2) is 0 Å². The zero-order chi connectivity index (χ0) is 22.6. The number of aliphatic hydroxyl groups is 1. The molecular formula is C17H33N5O6S. The molecule has 0 aliphatic carbocycles. The lowest BCUT2D eigenvalue weighted by atomic mass is 10.0. The number of nitrogens with one attached hydrogen (secondary N) is 3. The largest absolute Gasteiger partial charge is 0.480 e. The van der Waals surface area contributed by atoms with Gasteiger partial charge in [0.05, 0.1) is 6.61 Å². The van der Waals surface area contributed by atoms with Crippen LogP contribution in [0.5, 0.6) is 0 Å². The van der Waals surface area contributed by atoms with Crippen molar-refractivity contribution in [2.45, 2.75) is 57.3 Å². The molecule has 9 N–H and O–H groups in total. The first-order chi connectivity index (χ1) is 13.6. The lowest BCUT2D eigenvalue weighted by Crippen LogP contribution is -2.58. The molecule has 0 aromatic rings. The molecule has 29 heavy (non-hydrogen) atoms. The molecule has 0 aromatic heterocycles. The SMILES string of the molecule is CC(C)C(NC(=O)C(N)CO)C(=O)NC(CCCCN)C(=O)NC(CS)C(=O)O. The van der Waals surface area contributed by atoms with Crippen LogP contribution in [0, 0.1) is 5.92 Å². The van der Waals surface area contributed by atoms with Crippen molar-refractivity contribution in [3.8, 4) is 0 Å². The number of carbonyl (C=O) groups excluding carboxylic acids is 3.